The van der Waals surface area contributed by atoms with E-state index in [0.29, 0.717) is 37.2 Å². The number of allylic oxidation sites excluding steroid dienone is 1. The normalized spacial score (nSPS) is 26.5. The Morgan fingerprint density at radius 1 is 0.963 bits per heavy atom. The predicted molar refractivity (Wildman–Crippen MR) is 211 cm³/mol. The van der Waals surface area contributed by atoms with Crippen molar-refractivity contribution in [3.05, 3.63) is 86.3 Å². The number of nitrogens with zero attached hydrogens (tertiary/aromatic N) is 2. The number of ether oxygens (including phenoxy) is 5. The molecule has 7 rings (SSSR count). The second-order valence-corrected chi connectivity index (χ2v) is 16.2. The van der Waals surface area contributed by atoms with Crippen molar-refractivity contribution in [2.24, 2.45) is 17.8 Å². The number of amides is 1. The molecule has 7 atom stereocenters. The second-order valence-electron chi connectivity index (χ2n) is 15.4. The zero-order chi connectivity index (χ0) is 37.9. The first-order chi connectivity index (χ1) is 26.3. The van der Waals surface area contributed by atoms with E-state index in [4.69, 9.17) is 23.7 Å². The average Bonchev–Trinajstić information content (AvgIpc) is 3.74. The number of hydrogen-bond donors (Lipinski definition) is 1. The number of benzene rings is 2. The number of carbonyl (C=O) groups excluding carboxylic acids is 1. The molecule has 0 unspecified atom stereocenters. The zero-order valence-corrected chi connectivity index (χ0v) is 33.7. The van der Waals surface area contributed by atoms with Crippen molar-refractivity contribution < 1.29 is 33.6 Å². The summed E-state index contributed by atoms with van der Waals surface area (Å²) in [5.74, 6) is 3.51. The van der Waals surface area contributed by atoms with E-state index < -0.39 is 6.29 Å². The fourth-order valence-electron chi connectivity index (χ4n) is 9.86. The summed E-state index contributed by atoms with van der Waals surface area (Å²) in [6.45, 7) is 9.63. The van der Waals surface area contributed by atoms with Gasteiger partial charge in [-0.3, -0.25) is 9.69 Å². The number of aryl methyl sites for hydroxylation is 1. The molecule has 54 heavy (non-hydrogen) atoms. The van der Waals surface area contributed by atoms with Gasteiger partial charge in [-0.25, -0.2) is 0 Å². The van der Waals surface area contributed by atoms with Crippen molar-refractivity contribution in [2.75, 3.05) is 54.2 Å². The Balaban J connectivity index is 1.25. The van der Waals surface area contributed by atoms with Gasteiger partial charge in [-0.2, -0.15) is 11.3 Å². The van der Waals surface area contributed by atoms with Gasteiger partial charge in [-0.15, -0.1) is 0 Å². The van der Waals surface area contributed by atoms with Gasteiger partial charge in [0.2, 0.25) is 6.29 Å². The van der Waals surface area contributed by atoms with Crippen LogP contribution in [0.25, 0.3) is 0 Å². The highest BCUT2D eigenvalue weighted by molar-refractivity contribution is 7.08. The molecule has 2 aromatic carbocycles. The molecule has 1 aromatic heterocycles. The van der Waals surface area contributed by atoms with Crippen LogP contribution in [0, 0.1) is 24.7 Å². The Bertz CT molecular complexity index is 1790. The van der Waals surface area contributed by atoms with E-state index in [2.05, 4.69) is 64.7 Å². The van der Waals surface area contributed by atoms with Gasteiger partial charge in [0.1, 0.15) is 5.75 Å². The number of hydrogen-bond acceptors (Lipinski definition) is 9. The van der Waals surface area contributed by atoms with Crippen molar-refractivity contribution in [1.29, 1.82) is 0 Å². The first-order valence-corrected chi connectivity index (χ1v) is 20.9. The smallest absolute Gasteiger partial charge is 0.289 e. The number of thiophene rings is 1. The monoisotopic (exact) mass is 758 g/mol. The Kier molecular flexibility index (Phi) is 12.2. The molecule has 1 N–H and O–H groups in total. The Labute approximate surface area is 325 Å². The Hall–Kier alpha value is -3.57. The summed E-state index contributed by atoms with van der Waals surface area (Å²) in [6.07, 6.45) is 7.55. The van der Waals surface area contributed by atoms with Crippen LogP contribution in [0.15, 0.2) is 52.9 Å². The second kappa shape index (κ2) is 17.1. The van der Waals surface area contributed by atoms with Gasteiger partial charge in [-0.1, -0.05) is 19.4 Å². The van der Waals surface area contributed by atoms with E-state index in [1.165, 1.54) is 22.3 Å². The van der Waals surface area contributed by atoms with E-state index >= 15 is 4.79 Å². The maximum absolute atomic E-state index is 15.1. The van der Waals surface area contributed by atoms with Crippen molar-refractivity contribution in [1.82, 2.24) is 9.80 Å². The van der Waals surface area contributed by atoms with Crippen LogP contribution in [0.2, 0.25) is 0 Å². The molecule has 292 valence electrons. The van der Waals surface area contributed by atoms with Gasteiger partial charge < -0.3 is 33.7 Å². The number of methoxy groups -OCH3 is 3. The Morgan fingerprint density at radius 2 is 1.70 bits per heavy atom. The molecular weight excluding hydrogens is 701 g/mol. The van der Waals surface area contributed by atoms with Crippen molar-refractivity contribution in [3.8, 4) is 17.2 Å². The lowest BCUT2D eigenvalue weighted by atomic mass is 9.72. The van der Waals surface area contributed by atoms with Crippen LogP contribution in [0.5, 0.6) is 17.2 Å². The number of fused-ring (bicyclic) bond motifs is 4. The van der Waals surface area contributed by atoms with Crippen LogP contribution >= 0.6 is 11.3 Å². The molecule has 4 aliphatic heterocycles. The lowest BCUT2D eigenvalue weighted by Crippen LogP contribution is -2.48. The number of carbonyl (C=O) groups is 1. The van der Waals surface area contributed by atoms with Crippen molar-refractivity contribution in [3.63, 3.8) is 0 Å². The molecule has 4 aliphatic rings. The summed E-state index contributed by atoms with van der Waals surface area (Å²) in [5.41, 5.74) is 7.41. The molecule has 0 bridgehead atoms. The quantitative estimate of drug-likeness (QED) is 0.188. The molecule has 0 spiro atoms. The van der Waals surface area contributed by atoms with Crippen LogP contribution in [0.4, 0.5) is 0 Å². The van der Waals surface area contributed by atoms with Crippen molar-refractivity contribution in [2.45, 2.75) is 90.0 Å². The molecule has 9 nitrogen and oxygen atoms in total. The minimum atomic E-state index is -0.579. The maximum atomic E-state index is 15.1. The molecule has 1 fully saturated rings. The average molecular weight is 759 g/mol. The summed E-state index contributed by atoms with van der Waals surface area (Å²) >= 11 is 1.65. The van der Waals surface area contributed by atoms with Gasteiger partial charge in [-0.05, 0) is 139 Å². The SMILES string of the molecule is CCO[C@@H]1OC(C(=O)N2CCc3cc(C)c(OC)cc3[C@H]2C[C@H]2C[C@H]3c4cc(OC)c(OC)cc4CCN3C[C@@H]2CC)=C[C@H](c2ccsc2)[C@H]1CCCO. The number of aliphatic hydroxyl groups excluding tert-OH is 1. The van der Waals surface area contributed by atoms with Crippen LogP contribution in [-0.2, 0) is 27.1 Å². The van der Waals surface area contributed by atoms with Crippen LogP contribution in [0.3, 0.4) is 0 Å². The minimum absolute atomic E-state index is 0.0131. The standard InChI is InChI=1S/C44H58N2O7S/c1-7-28-25-45-14-11-30-21-40(50-5)41(51-6)24-35(30)37(45)19-32(28)20-38-36-23-39(49-4)27(3)18-29(36)12-15-46(38)43(48)42-22-34(31-13-17-54-26-31)33(10-9-16-47)44(53-42)52-8-2/h13,17-18,21-24,26,28,32-34,37-38,44,47H,7-12,14-16,19-20,25H2,1-6H3/t28-,32+,33+,34+,37-,38+,44+/m0/s1. The lowest BCUT2D eigenvalue weighted by molar-refractivity contribution is -0.171. The highest BCUT2D eigenvalue weighted by Gasteiger charge is 2.44. The van der Waals surface area contributed by atoms with Gasteiger partial charge in [0.05, 0.1) is 27.4 Å². The van der Waals surface area contributed by atoms with Crippen LogP contribution in [-0.4, -0.2) is 81.3 Å². The third-order valence-electron chi connectivity index (χ3n) is 12.7. The fourth-order valence-corrected chi connectivity index (χ4v) is 10.6. The molecule has 5 heterocycles. The van der Waals surface area contributed by atoms with E-state index in [-0.39, 0.29) is 36.4 Å². The Morgan fingerprint density at radius 3 is 2.41 bits per heavy atom. The van der Waals surface area contributed by atoms with E-state index in [0.717, 1.165) is 80.0 Å². The molecule has 0 aliphatic carbocycles. The third-order valence-corrected chi connectivity index (χ3v) is 13.4. The molecule has 1 amide bonds. The predicted octanol–water partition coefficient (Wildman–Crippen LogP) is 7.99. The number of rotatable bonds is 13. The molecule has 0 radical (unpaired) electrons. The summed E-state index contributed by atoms with van der Waals surface area (Å²) in [7, 11) is 5.15. The van der Waals surface area contributed by atoms with E-state index in [1.807, 2.05) is 13.0 Å². The first kappa shape index (κ1) is 38.7. The molecule has 0 saturated carbocycles. The van der Waals surface area contributed by atoms with Gasteiger partial charge in [0.15, 0.2) is 17.3 Å². The molecule has 3 aromatic rings. The number of piperidine rings is 1. The highest BCUT2D eigenvalue weighted by Crippen LogP contribution is 2.49. The van der Waals surface area contributed by atoms with Gasteiger partial charge >= 0.3 is 0 Å². The summed E-state index contributed by atoms with van der Waals surface area (Å²) in [5, 5.41) is 14.0. The zero-order valence-electron chi connectivity index (χ0n) is 32.8. The van der Waals surface area contributed by atoms with E-state index in [9.17, 15) is 5.11 Å². The third kappa shape index (κ3) is 7.51. The van der Waals surface area contributed by atoms with Crippen LogP contribution < -0.4 is 14.2 Å². The summed E-state index contributed by atoms with van der Waals surface area (Å²) in [6, 6.07) is 11.1. The molecule has 1 saturated heterocycles. The topological polar surface area (TPSA) is 89.9 Å². The van der Waals surface area contributed by atoms with Gasteiger partial charge in [0, 0.05) is 50.7 Å². The maximum Gasteiger partial charge on any atom is 0.289 e. The largest absolute Gasteiger partial charge is 0.496 e. The summed E-state index contributed by atoms with van der Waals surface area (Å²) in [4.78, 5) is 19.8. The fraction of sp³-hybridized carbons (Fsp3) is 0.568. The van der Waals surface area contributed by atoms with Crippen LogP contribution in [0.1, 0.15) is 97.3 Å². The first-order valence-electron chi connectivity index (χ1n) is 19.9. The van der Waals surface area contributed by atoms with Gasteiger partial charge in [0.25, 0.3) is 5.91 Å². The highest BCUT2D eigenvalue weighted by atomic mass is 32.1. The number of aliphatic hydroxyl groups is 1. The summed E-state index contributed by atoms with van der Waals surface area (Å²) < 4.78 is 30.2. The minimum Gasteiger partial charge on any atom is -0.496 e. The van der Waals surface area contributed by atoms with Crippen molar-refractivity contribution >= 4 is 17.2 Å². The molecular formula is C44H58N2O7S. The molecule has 10 heteroatoms. The lowest BCUT2D eigenvalue weighted by Gasteiger charge is -2.49. The van der Waals surface area contributed by atoms with E-state index in [1.54, 1.807) is 32.7 Å².